The van der Waals surface area contributed by atoms with Gasteiger partial charge in [0.2, 0.25) is 5.91 Å². The van der Waals surface area contributed by atoms with Gasteiger partial charge < -0.3 is 34.8 Å². The van der Waals surface area contributed by atoms with Crippen LogP contribution in [-0.4, -0.2) is 113 Å². The van der Waals surface area contributed by atoms with Crippen molar-refractivity contribution in [2.75, 3.05) is 32.2 Å². The third-order valence-electron chi connectivity index (χ3n) is 8.18. The van der Waals surface area contributed by atoms with Crippen molar-refractivity contribution in [1.82, 2.24) is 30.0 Å². The predicted octanol–water partition coefficient (Wildman–Crippen LogP) is 1.95. The zero-order chi connectivity index (χ0) is 34.1. The number of ether oxygens (including phenoxy) is 3. The standard InChI is InChI=1S/C30H32F3N7O7S/c1-14(42)34-17-5-3-4-15(6-17)20-9-39(37-35-20)22-12-46-13-24(27(22)43)48-30-29(45-2)26(28(44)23(11-41)47-30)40-10-21(36-38-40)16-7-18(31)25(33)19(32)8-16/h3-10,22-24,26-30,41,43-44H,11-13H2,1-2H3,(H,34,42)/t22-,23+,24+,26-,27+,28-,29+,30-/m0/s1. The topological polar surface area (TPSA) is 179 Å². The van der Waals surface area contributed by atoms with E-state index in [-0.39, 0.29) is 30.4 Å². The molecule has 0 unspecified atom stereocenters. The summed E-state index contributed by atoms with van der Waals surface area (Å²) in [5.41, 5.74) is 0.854. The number of benzene rings is 2. The first-order valence-electron chi connectivity index (χ1n) is 14.8. The highest BCUT2D eigenvalue weighted by Crippen LogP contribution is 2.41. The minimum absolute atomic E-state index is 0.000848. The number of nitrogens with one attached hydrogen (secondary N) is 1. The van der Waals surface area contributed by atoms with E-state index in [1.54, 1.807) is 24.4 Å². The molecule has 2 saturated heterocycles. The largest absolute Gasteiger partial charge is 0.394 e. The Morgan fingerprint density at radius 2 is 1.71 bits per heavy atom. The van der Waals surface area contributed by atoms with E-state index in [1.807, 2.05) is 6.07 Å². The second-order valence-corrected chi connectivity index (χ2v) is 12.7. The maximum atomic E-state index is 13.9. The van der Waals surface area contributed by atoms with Gasteiger partial charge in [-0.2, -0.15) is 0 Å². The van der Waals surface area contributed by atoms with Gasteiger partial charge in [0, 0.05) is 30.8 Å². The number of hydrogen-bond donors (Lipinski definition) is 4. The number of hydrogen-bond acceptors (Lipinski definition) is 12. The van der Waals surface area contributed by atoms with Crippen LogP contribution in [0.2, 0.25) is 0 Å². The van der Waals surface area contributed by atoms with Crippen LogP contribution in [0.15, 0.2) is 48.8 Å². The van der Waals surface area contributed by atoms with Gasteiger partial charge in [-0.15, -0.1) is 22.0 Å². The lowest BCUT2D eigenvalue weighted by atomic mass is 9.97. The van der Waals surface area contributed by atoms with Gasteiger partial charge >= 0.3 is 0 Å². The number of anilines is 1. The molecule has 2 fully saturated rings. The smallest absolute Gasteiger partial charge is 0.221 e. The number of nitrogens with zero attached hydrogens (tertiary/aromatic N) is 6. The number of halogens is 3. The van der Waals surface area contributed by atoms with Crippen molar-refractivity contribution in [2.45, 2.75) is 54.1 Å². The van der Waals surface area contributed by atoms with E-state index >= 15 is 0 Å². The number of thioether (sulfide) groups is 1. The van der Waals surface area contributed by atoms with Crippen LogP contribution in [0.5, 0.6) is 0 Å². The molecule has 0 radical (unpaired) electrons. The summed E-state index contributed by atoms with van der Waals surface area (Å²) in [5.74, 6) is -4.64. The Morgan fingerprint density at radius 3 is 2.40 bits per heavy atom. The number of carbonyl (C=O) groups excluding carboxylic acids is 1. The third-order valence-corrected chi connectivity index (χ3v) is 9.59. The van der Waals surface area contributed by atoms with Crippen molar-refractivity contribution in [3.05, 3.63) is 66.2 Å². The Kier molecular flexibility index (Phi) is 10.1. The second kappa shape index (κ2) is 14.3. The van der Waals surface area contributed by atoms with Gasteiger partial charge in [-0.3, -0.25) is 4.79 Å². The van der Waals surface area contributed by atoms with Gasteiger partial charge in [0.05, 0.1) is 43.6 Å². The molecule has 2 aliphatic rings. The lowest BCUT2D eigenvalue weighted by Gasteiger charge is -2.45. The Morgan fingerprint density at radius 1 is 1.02 bits per heavy atom. The lowest BCUT2D eigenvalue weighted by Crippen LogP contribution is -2.56. The molecule has 18 heteroatoms. The number of aromatic nitrogens is 6. The van der Waals surface area contributed by atoms with Gasteiger partial charge in [-0.25, -0.2) is 22.5 Å². The highest BCUT2D eigenvalue weighted by Gasteiger charge is 2.49. The molecule has 0 saturated carbocycles. The molecule has 2 aromatic carbocycles. The average molecular weight is 692 g/mol. The Labute approximate surface area is 275 Å². The summed E-state index contributed by atoms with van der Waals surface area (Å²) >= 11 is 1.17. The van der Waals surface area contributed by atoms with Gasteiger partial charge in [-0.05, 0) is 24.3 Å². The van der Waals surface area contributed by atoms with Crippen LogP contribution in [0.4, 0.5) is 18.9 Å². The fourth-order valence-electron chi connectivity index (χ4n) is 5.79. The van der Waals surface area contributed by atoms with Crippen molar-refractivity contribution in [2.24, 2.45) is 0 Å². The number of carbonyl (C=O) groups is 1. The monoisotopic (exact) mass is 691 g/mol. The fraction of sp³-hybridized carbons (Fsp3) is 0.433. The summed E-state index contributed by atoms with van der Waals surface area (Å²) in [5, 5.41) is 51.3. The van der Waals surface area contributed by atoms with Crippen LogP contribution in [0.3, 0.4) is 0 Å². The molecule has 256 valence electrons. The molecule has 2 aliphatic heterocycles. The summed E-state index contributed by atoms with van der Waals surface area (Å²) in [6.45, 7) is 1.11. The van der Waals surface area contributed by atoms with Crippen LogP contribution in [0, 0.1) is 17.5 Å². The Bertz CT molecular complexity index is 1740. The summed E-state index contributed by atoms with van der Waals surface area (Å²) in [4.78, 5) is 11.5. The number of aliphatic hydroxyl groups is 3. The molecule has 8 atom stereocenters. The minimum atomic E-state index is -1.62. The lowest BCUT2D eigenvalue weighted by molar-refractivity contribution is -0.186. The third kappa shape index (κ3) is 6.82. The van der Waals surface area contributed by atoms with E-state index in [0.717, 1.165) is 12.1 Å². The fourth-order valence-corrected chi connectivity index (χ4v) is 7.28. The number of amides is 1. The molecular formula is C30H32F3N7O7S. The number of aliphatic hydroxyl groups excluding tert-OH is 3. The Hall–Kier alpha value is -3.91. The quantitative estimate of drug-likeness (QED) is 0.188. The maximum Gasteiger partial charge on any atom is 0.221 e. The first kappa shape index (κ1) is 34.0. The van der Waals surface area contributed by atoms with Crippen LogP contribution in [0.25, 0.3) is 22.5 Å². The minimum Gasteiger partial charge on any atom is -0.394 e. The summed E-state index contributed by atoms with van der Waals surface area (Å²) in [6, 6.07) is 7.00. The zero-order valence-electron chi connectivity index (χ0n) is 25.6. The molecule has 2 aromatic heterocycles. The summed E-state index contributed by atoms with van der Waals surface area (Å²) in [6.07, 6.45) is -1.41. The predicted molar refractivity (Wildman–Crippen MR) is 164 cm³/mol. The Balaban J connectivity index is 1.21. The molecule has 0 spiro atoms. The molecule has 0 aliphatic carbocycles. The van der Waals surface area contributed by atoms with Crippen molar-refractivity contribution in [1.29, 1.82) is 0 Å². The molecule has 6 rings (SSSR count). The van der Waals surface area contributed by atoms with Crippen molar-refractivity contribution < 1.29 is 47.5 Å². The van der Waals surface area contributed by atoms with Crippen LogP contribution in [0.1, 0.15) is 19.0 Å². The van der Waals surface area contributed by atoms with E-state index in [1.165, 1.54) is 41.4 Å². The highest BCUT2D eigenvalue weighted by atomic mass is 32.2. The van der Waals surface area contributed by atoms with Crippen LogP contribution >= 0.6 is 11.8 Å². The molecule has 4 heterocycles. The van der Waals surface area contributed by atoms with Gasteiger partial charge in [0.15, 0.2) is 17.5 Å². The van der Waals surface area contributed by atoms with Gasteiger partial charge in [0.25, 0.3) is 0 Å². The SMILES string of the molecule is CO[C@@H]1[C@@H](n2cc(-c3cc(F)c(F)c(F)c3)nn2)[C@@H](O)[C@@H](CO)O[C@H]1S[C@@H]1COC[C@H](n2cc(-c3cccc(NC(C)=O)c3)nn2)[C@H]1O. The van der Waals surface area contributed by atoms with E-state index in [2.05, 4.69) is 25.9 Å². The second-order valence-electron chi connectivity index (χ2n) is 11.4. The maximum absolute atomic E-state index is 13.9. The summed E-state index contributed by atoms with van der Waals surface area (Å²) in [7, 11) is 1.39. The molecular weight excluding hydrogens is 659 g/mol. The molecule has 4 N–H and O–H groups in total. The molecule has 0 bridgehead atoms. The number of methoxy groups -OCH3 is 1. The normalized spacial score (nSPS) is 27.6. The van der Waals surface area contributed by atoms with Crippen LogP contribution < -0.4 is 5.32 Å². The zero-order valence-corrected chi connectivity index (χ0v) is 26.4. The van der Waals surface area contributed by atoms with E-state index in [4.69, 9.17) is 14.2 Å². The summed E-state index contributed by atoms with van der Waals surface area (Å²) < 4.78 is 61.7. The van der Waals surface area contributed by atoms with Crippen molar-refractivity contribution in [3.63, 3.8) is 0 Å². The highest BCUT2D eigenvalue weighted by molar-refractivity contribution is 8.00. The van der Waals surface area contributed by atoms with Gasteiger partial charge in [0.1, 0.15) is 47.2 Å². The first-order chi connectivity index (χ1) is 23.1. The molecule has 4 aromatic rings. The van der Waals surface area contributed by atoms with E-state index in [0.29, 0.717) is 16.9 Å². The van der Waals surface area contributed by atoms with E-state index < -0.39 is 71.2 Å². The van der Waals surface area contributed by atoms with Crippen molar-refractivity contribution >= 4 is 23.4 Å². The first-order valence-corrected chi connectivity index (χ1v) is 15.8. The molecule has 14 nitrogen and oxygen atoms in total. The van der Waals surface area contributed by atoms with Gasteiger partial charge in [-0.1, -0.05) is 22.6 Å². The molecule has 1 amide bonds. The average Bonchev–Trinajstić information content (AvgIpc) is 3.76. The molecule has 48 heavy (non-hydrogen) atoms. The van der Waals surface area contributed by atoms with E-state index in [9.17, 15) is 33.3 Å². The van der Waals surface area contributed by atoms with Crippen molar-refractivity contribution in [3.8, 4) is 22.5 Å². The van der Waals surface area contributed by atoms with Crippen LogP contribution in [-0.2, 0) is 19.0 Å². The number of rotatable bonds is 9.